The van der Waals surface area contributed by atoms with Gasteiger partial charge in [0.2, 0.25) is 5.91 Å². The Bertz CT molecular complexity index is 393. The second kappa shape index (κ2) is 6.21. The molecular weight excluding hydrogens is 276 g/mol. The molecule has 1 amide bonds. The van der Waals surface area contributed by atoms with Gasteiger partial charge in [0.15, 0.2) is 9.84 Å². The summed E-state index contributed by atoms with van der Waals surface area (Å²) in [5, 5.41) is 0. The summed E-state index contributed by atoms with van der Waals surface area (Å²) in [5.74, 6) is 0.0643. The van der Waals surface area contributed by atoms with Gasteiger partial charge >= 0.3 is 0 Å². The minimum absolute atomic E-state index is 0. The predicted octanol–water partition coefficient (Wildman–Crippen LogP) is 0.571. The molecule has 1 rings (SSSR count). The van der Waals surface area contributed by atoms with Crippen molar-refractivity contribution in [3.8, 4) is 0 Å². The van der Waals surface area contributed by atoms with Crippen LogP contribution < -0.4 is 5.73 Å². The number of nitrogens with two attached hydrogens (primary N) is 1. The minimum atomic E-state index is -3.08. The van der Waals surface area contributed by atoms with Crippen LogP contribution in [0.25, 0.3) is 0 Å². The molecule has 1 saturated heterocycles. The van der Waals surface area contributed by atoms with Crippen molar-refractivity contribution >= 4 is 28.2 Å². The van der Waals surface area contributed by atoms with Crippen molar-refractivity contribution in [3.05, 3.63) is 0 Å². The van der Waals surface area contributed by atoms with Crippen molar-refractivity contribution in [1.82, 2.24) is 4.90 Å². The topological polar surface area (TPSA) is 80.5 Å². The molecule has 1 aliphatic rings. The zero-order chi connectivity index (χ0) is 13.3. The van der Waals surface area contributed by atoms with Crippen LogP contribution in [-0.4, -0.2) is 48.9 Å². The van der Waals surface area contributed by atoms with Gasteiger partial charge in [-0.15, -0.1) is 12.4 Å². The van der Waals surface area contributed by atoms with Crippen molar-refractivity contribution < 1.29 is 13.2 Å². The first kappa shape index (κ1) is 17.7. The van der Waals surface area contributed by atoms with Gasteiger partial charge in [-0.05, 0) is 27.2 Å². The Hall–Kier alpha value is -0.330. The SMILES string of the molecule is CC(N)CCC(=O)N1CCS(=O)(=O)C(C)(C)C1.Cl. The second-order valence-corrected chi connectivity index (χ2v) is 8.15. The van der Waals surface area contributed by atoms with E-state index in [1.807, 2.05) is 6.92 Å². The Morgan fingerprint density at radius 1 is 1.44 bits per heavy atom. The van der Waals surface area contributed by atoms with E-state index in [0.29, 0.717) is 19.4 Å². The van der Waals surface area contributed by atoms with E-state index in [-0.39, 0.29) is 36.7 Å². The van der Waals surface area contributed by atoms with Gasteiger partial charge in [-0.3, -0.25) is 4.79 Å². The van der Waals surface area contributed by atoms with Gasteiger partial charge in [0.25, 0.3) is 0 Å². The lowest BCUT2D eigenvalue weighted by atomic mass is 10.1. The van der Waals surface area contributed by atoms with Crippen LogP contribution in [0.1, 0.15) is 33.6 Å². The first-order valence-electron chi connectivity index (χ1n) is 5.91. The highest BCUT2D eigenvalue weighted by Gasteiger charge is 2.41. The summed E-state index contributed by atoms with van der Waals surface area (Å²) in [4.78, 5) is 13.5. The molecule has 1 atom stereocenters. The molecule has 0 bridgehead atoms. The lowest BCUT2D eigenvalue weighted by molar-refractivity contribution is -0.131. The lowest BCUT2D eigenvalue weighted by Gasteiger charge is -2.37. The number of hydrogen-bond donors (Lipinski definition) is 1. The fraction of sp³-hybridized carbons (Fsp3) is 0.909. The molecule has 1 fully saturated rings. The molecule has 0 aliphatic carbocycles. The van der Waals surface area contributed by atoms with E-state index >= 15 is 0 Å². The zero-order valence-electron chi connectivity index (χ0n) is 11.2. The third-order valence-electron chi connectivity index (χ3n) is 3.21. The Kier molecular flexibility index (Phi) is 6.10. The normalized spacial score (nSPS) is 23.0. The van der Waals surface area contributed by atoms with Crippen LogP contribution in [0.2, 0.25) is 0 Å². The van der Waals surface area contributed by atoms with Gasteiger partial charge in [0.05, 0.1) is 10.5 Å². The number of carbonyl (C=O) groups excluding carboxylic acids is 1. The Morgan fingerprint density at radius 2 is 2.00 bits per heavy atom. The van der Waals surface area contributed by atoms with E-state index in [1.54, 1.807) is 18.7 Å². The molecule has 0 aromatic carbocycles. The van der Waals surface area contributed by atoms with Crippen molar-refractivity contribution in [3.63, 3.8) is 0 Å². The van der Waals surface area contributed by atoms with Crippen LogP contribution in [-0.2, 0) is 14.6 Å². The first-order chi connectivity index (χ1) is 7.66. The highest BCUT2D eigenvalue weighted by molar-refractivity contribution is 7.92. The fourth-order valence-corrected chi connectivity index (χ4v) is 3.23. The van der Waals surface area contributed by atoms with E-state index in [4.69, 9.17) is 5.73 Å². The van der Waals surface area contributed by atoms with Crippen LogP contribution in [0.3, 0.4) is 0 Å². The van der Waals surface area contributed by atoms with E-state index in [2.05, 4.69) is 0 Å². The smallest absolute Gasteiger partial charge is 0.222 e. The third kappa shape index (κ3) is 4.10. The van der Waals surface area contributed by atoms with Gasteiger partial charge < -0.3 is 10.6 Å². The van der Waals surface area contributed by atoms with Gasteiger partial charge in [-0.25, -0.2) is 8.42 Å². The average molecular weight is 299 g/mol. The molecular formula is C11H23ClN2O3S. The van der Waals surface area contributed by atoms with E-state index in [0.717, 1.165) is 0 Å². The molecule has 0 spiro atoms. The molecule has 0 saturated carbocycles. The number of sulfone groups is 1. The van der Waals surface area contributed by atoms with Gasteiger partial charge in [-0.1, -0.05) is 0 Å². The lowest BCUT2D eigenvalue weighted by Crippen LogP contribution is -2.54. The van der Waals surface area contributed by atoms with Crippen LogP contribution in [0.5, 0.6) is 0 Å². The summed E-state index contributed by atoms with van der Waals surface area (Å²) >= 11 is 0. The summed E-state index contributed by atoms with van der Waals surface area (Å²) in [5.41, 5.74) is 5.60. The zero-order valence-corrected chi connectivity index (χ0v) is 12.8. The predicted molar refractivity (Wildman–Crippen MR) is 74.6 cm³/mol. The highest BCUT2D eigenvalue weighted by atomic mass is 35.5. The molecule has 7 heteroatoms. The maximum atomic E-state index is 11.9. The quantitative estimate of drug-likeness (QED) is 0.826. The number of nitrogens with zero attached hydrogens (tertiary/aromatic N) is 1. The molecule has 5 nitrogen and oxygen atoms in total. The van der Waals surface area contributed by atoms with Gasteiger partial charge in [-0.2, -0.15) is 0 Å². The standard InChI is InChI=1S/C11H22N2O3S.ClH/c1-9(12)4-5-10(14)13-6-7-17(15,16)11(2,3)8-13;/h9H,4-8,12H2,1-3H3;1H. The van der Waals surface area contributed by atoms with Crippen molar-refractivity contribution in [2.45, 2.75) is 44.4 Å². The number of rotatable bonds is 3. The van der Waals surface area contributed by atoms with E-state index in [1.165, 1.54) is 0 Å². The Morgan fingerprint density at radius 3 is 2.44 bits per heavy atom. The molecule has 1 aliphatic heterocycles. The van der Waals surface area contributed by atoms with Crippen LogP contribution in [0.15, 0.2) is 0 Å². The maximum Gasteiger partial charge on any atom is 0.222 e. The molecule has 0 aromatic heterocycles. The number of carbonyl (C=O) groups is 1. The molecule has 0 aromatic rings. The van der Waals surface area contributed by atoms with Crippen molar-refractivity contribution in [1.29, 1.82) is 0 Å². The highest BCUT2D eigenvalue weighted by Crippen LogP contribution is 2.24. The maximum absolute atomic E-state index is 11.9. The minimum Gasteiger partial charge on any atom is -0.340 e. The van der Waals surface area contributed by atoms with Crippen LogP contribution in [0, 0.1) is 0 Å². The number of halogens is 1. The van der Waals surface area contributed by atoms with Gasteiger partial charge in [0, 0.05) is 25.6 Å². The summed E-state index contributed by atoms with van der Waals surface area (Å²) in [7, 11) is -3.08. The van der Waals surface area contributed by atoms with Crippen LogP contribution >= 0.6 is 12.4 Å². The Balaban J connectivity index is 0.00000289. The number of amides is 1. The summed E-state index contributed by atoms with van der Waals surface area (Å²) in [6.45, 7) is 5.80. The molecule has 2 N–H and O–H groups in total. The van der Waals surface area contributed by atoms with Crippen molar-refractivity contribution in [2.75, 3.05) is 18.8 Å². The van der Waals surface area contributed by atoms with Crippen molar-refractivity contribution in [2.24, 2.45) is 5.73 Å². The third-order valence-corrected chi connectivity index (χ3v) is 5.74. The van der Waals surface area contributed by atoms with E-state index in [9.17, 15) is 13.2 Å². The Labute approximate surface area is 115 Å². The van der Waals surface area contributed by atoms with E-state index < -0.39 is 14.6 Å². The molecule has 18 heavy (non-hydrogen) atoms. The summed E-state index contributed by atoms with van der Waals surface area (Å²) in [6, 6.07) is 0.000448. The molecule has 108 valence electrons. The first-order valence-corrected chi connectivity index (χ1v) is 7.56. The molecule has 1 unspecified atom stereocenters. The van der Waals surface area contributed by atoms with Crippen LogP contribution in [0.4, 0.5) is 0 Å². The monoisotopic (exact) mass is 298 g/mol. The largest absolute Gasteiger partial charge is 0.340 e. The fourth-order valence-electron chi connectivity index (χ4n) is 1.87. The number of hydrogen-bond acceptors (Lipinski definition) is 4. The van der Waals surface area contributed by atoms with Gasteiger partial charge in [0.1, 0.15) is 0 Å². The second-order valence-electron chi connectivity index (χ2n) is 5.41. The average Bonchev–Trinajstić information content (AvgIpc) is 2.18. The molecule has 1 heterocycles. The summed E-state index contributed by atoms with van der Waals surface area (Å²) in [6.07, 6.45) is 1.04. The molecule has 0 radical (unpaired) electrons. The summed E-state index contributed by atoms with van der Waals surface area (Å²) < 4.78 is 22.7.